The molecule has 3 aromatic carbocycles. The van der Waals surface area contributed by atoms with Crippen LogP contribution >= 0.6 is 0 Å². The van der Waals surface area contributed by atoms with Crippen molar-refractivity contribution in [3.05, 3.63) is 89.7 Å². The Labute approximate surface area is 167 Å². The first-order chi connectivity index (χ1) is 14.0. The Morgan fingerprint density at radius 3 is 2.45 bits per heavy atom. The highest BCUT2D eigenvalue weighted by Crippen LogP contribution is 2.20. The van der Waals surface area contributed by atoms with Crippen molar-refractivity contribution in [1.82, 2.24) is 20.3 Å². The van der Waals surface area contributed by atoms with E-state index in [1.54, 1.807) is 0 Å². The predicted octanol–water partition coefficient (Wildman–Crippen LogP) is 3.01. The summed E-state index contributed by atoms with van der Waals surface area (Å²) in [5.41, 5.74) is 7.63. The number of hydrogen-bond acceptors (Lipinski definition) is 4. The van der Waals surface area contributed by atoms with Crippen LogP contribution in [0.5, 0.6) is 0 Å². The van der Waals surface area contributed by atoms with Gasteiger partial charge in [0.1, 0.15) is 0 Å². The van der Waals surface area contributed by atoms with Crippen LogP contribution in [0.15, 0.2) is 72.9 Å². The monoisotopic (exact) mass is 385 g/mol. The van der Waals surface area contributed by atoms with Crippen LogP contribution in [0.1, 0.15) is 39.4 Å². The fourth-order valence-electron chi connectivity index (χ4n) is 3.20. The van der Waals surface area contributed by atoms with E-state index in [1.165, 1.54) is 10.9 Å². The second-order valence-electron chi connectivity index (χ2n) is 6.73. The molecule has 1 heterocycles. The minimum atomic E-state index is -0.627. The number of amides is 2. The number of carbonyl (C=O) groups is 2. The van der Waals surface area contributed by atoms with E-state index in [0.717, 1.165) is 22.0 Å². The molecule has 2 amide bonds. The molecule has 0 bridgehead atoms. The molecular weight excluding hydrogens is 366 g/mol. The maximum absolute atomic E-state index is 12.8. The lowest BCUT2D eigenvalue weighted by Gasteiger charge is -2.16. The molecule has 4 aromatic rings. The summed E-state index contributed by atoms with van der Waals surface area (Å²) >= 11 is 0. The summed E-state index contributed by atoms with van der Waals surface area (Å²) in [6.07, 6.45) is 1.48. The van der Waals surface area contributed by atoms with Gasteiger partial charge in [0.05, 0.1) is 17.9 Å². The summed E-state index contributed by atoms with van der Waals surface area (Å²) in [7, 11) is 0. The van der Waals surface area contributed by atoms with Gasteiger partial charge in [0, 0.05) is 5.56 Å². The molecule has 29 heavy (non-hydrogen) atoms. The SMILES string of the molecule is C[C@H](NC(=O)c1cccc2ccccc12)c1ccc(-n2cc(C(N)=O)nn2)cc1. The van der Waals surface area contributed by atoms with Gasteiger partial charge < -0.3 is 11.1 Å². The molecule has 7 nitrogen and oxygen atoms in total. The number of carbonyl (C=O) groups excluding carboxylic acids is 2. The lowest BCUT2D eigenvalue weighted by atomic mass is 10.0. The fraction of sp³-hybridized carbons (Fsp3) is 0.0909. The summed E-state index contributed by atoms with van der Waals surface area (Å²) in [5, 5.41) is 12.6. The van der Waals surface area contributed by atoms with Crippen LogP contribution in [-0.4, -0.2) is 26.8 Å². The average molecular weight is 385 g/mol. The molecule has 144 valence electrons. The van der Waals surface area contributed by atoms with E-state index in [4.69, 9.17) is 5.73 Å². The number of nitrogens with zero attached hydrogens (tertiary/aromatic N) is 3. The predicted molar refractivity (Wildman–Crippen MR) is 110 cm³/mol. The first-order valence-electron chi connectivity index (χ1n) is 9.14. The minimum absolute atomic E-state index is 0.102. The van der Waals surface area contributed by atoms with E-state index < -0.39 is 5.91 Å². The number of nitrogens with two attached hydrogens (primary N) is 1. The van der Waals surface area contributed by atoms with Crippen LogP contribution < -0.4 is 11.1 Å². The highest BCUT2D eigenvalue weighted by Gasteiger charge is 2.14. The molecule has 0 saturated carbocycles. The van der Waals surface area contributed by atoms with E-state index in [0.29, 0.717) is 5.56 Å². The third kappa shape index (κ3) is 3.70. The van der Waals surface area contributed by atoms with Crippen molar-refractivity contribution in [1.29, 1.82) is 0 Å². The van der Waals surface area contributed by atoms with Gasteiger partial charge in [0.25, 0.3) is 11.8 Å². The first-order valence-corrected chi connectivity index (χ1v) is 9.14. The zero-order valence-corrected chi connectivity index (χ0v) is 15.7. The molecule has 0 aliphatic carbocycles. The Balaban J connectivity index is 1.51. The maximum atomic E-state index is 12.8. The van der Waals surface area contributed by atoms with Crippen molar-refractivity contribution in [2.24, 2.45) is 5.73 Å². The summed E-state index contributed by atoms with van der Waals surface area (Å²) in [6, 6.07) is 20.8. The molecule has 0 unspecified atom stereocenters. The lowest BCUT2D eigenvalue weighted by molar-refractivity contribution is 0.0940. The third-order valence-electron chi connectivity index (χ3n) is 4.79. The molecule has 0 aliphatic heterocycles. The molecular formula is C22H19N5O2. The molecule has 0 fully saturated rings. The Kier molecular flexibility index (Phi) is 4.78. The summed E-state index contributed by atoms with van der Waals surface area (Å²) in [4.78, 5) is 24.0. The standard InChI is InChI=1S/C22H19N5O2/c1-14(24-22(29)19-8-4-6-16-5-2-3-7-18(16)19)15-9-11-17(12-10-15)27-13-20(21(23)28)25-26-27/h2-14H,1H3,(H2,23,28)(H,24,29)/t14-/m0/s1. The van der Waals surface area contributed by atoms with Gasteiger partial charge in [-0.2, -0.15) is 0 Å². The number of hydrogen-bond donors (Lipinski definition) is 2. The largest absolute Gasteiger partial charge is 0.364 e. The van der Waals surface area contributed by atoms with Crippen molar-refractivity contribution in [2.75, 3.05) is 0 Å². The summed E-state index contributed by atoms with van der Waals surface area (Å²) in [6.45, 7) is 1.93. The highest BCUT2D eigenvalue weighted by molar-refractivity contribution is 6.07. The van der Waals surface area contributed by atoms with Crippen molar-refractivity contribution in [3.63, 3.8) is 0 Å². The average Bonchev–Trinajstić information content (AvgIpc) is 3.24. The van der Waals surface area contributed by atoms with E-state index >= 15 is 0 Å². The van der Waals surface area contributed by atoms with E-state index in [2.05, 4.69) is 15.6 Å². The van der Waals surface area contributed by atoms with Crippen molar-refractivity contribution >= 4 is 22.6 Å². The zero-order valence-electron chi connectivity index (χ0n) is 15.7. The number of benzene rings is 3. The molecule has 1 atom stereocenters. The molecule has 4 rings (SSSR count). The Morgan fingerprint density at radius 1 is 1.00 bits per heavy atom. The van der Waals surface area contributed by atoms with Gasteiger partial charge in [-0.3, -0.25) is 9.59 Å². The van der Waals surface area contributed by atoms with Crippen LogP contribution in [0.2, 0.25) is 0 Å². The van der Waals surface area contributed by atoms with Gasteiger partial charge >= 0.3 is 0 Å². The lowest BCUT2D eigenvalue weighted by Crippen LogP contribution is -2.26. The second kappa shape index (κ2) is 7.55. The topological polar surface area (TPSA) is 103 Å². The number of primary amides is 1. The molecule has 0 saturated heterocycles. The quantitative estimate of drug-likeness (QED) is 0.551. The van der Waals surface area contributed by atoms with Crippen molar-refractivity contribution in [3.8, 4) is 5.69 Å². The second-order valence-corrected chi connectivity index (χ2v) is 6.73. The van der Waals surface area contributed by atoms with Gasteiger partial charge in [-0.15, -0.1) is 5.10 Å². The van der Waals surface area contributed by atoms with E-state index in [9.17, 15) is 9.59 Å². The highest BCUT2D eigenvalue weighted by atomic mass is 16.2. The molecule has 0 spiro atoms. The molecule has 7 heteroatoms. The normalized spacial score (nSPS) is 11.9. The third-order valence-corrected chi connectivity index (χ3v) is 4.79. The van der Waals surface area contributed by atoms with Gasteiger partial charge in [0.2, 0.25) is 0 Å². The van der Waals surface area contributed by atoms with Crippen LogP contribution in [0.3, 0.4) is 0 Å². The summed E-state index contributed by atoms with van der Waals surface area (Å²) < 4.78 is 1.48. The van der Waals surface area contributed by atoms with Gasteiger partial charge in [-0.1, -0.05) is 53.7 Å². The van der Waals surface area contributed by atoms with Gasteiger partial charge in [-0.05, 0) is 41.5 Å². The van der Waals surface area contributed by atoms with Crippen LogP contribution in [-0.2, 0) is 0 Å². The van der Waals surface area contributed by atoms with Gasteiger partial charge in [0.15, 0.2) is 5.69 Å². The minimum Gasteiger partial charge on any atom is -0.364 e. The number of nitrogens with one attached hydrogen (secondary N) is 1. The molecule has 0 radical (unpaired) electrons. The van der Waals surface area contributed by atoms with Gasteiger partial charge in [-0.25, -0.2) is 4.68 Å². The Morgan fingerprint density at radius 2 is 1.72 bits per heavy atom. The fourth-order valence-corrected chi connectivity index (χ4v) is 3.20. The van der Waals surface area contributed by atoms with Crippen LogP contribution in [0.25, 0.3) is 16.5 Å². The van der Waals surface area contributed by atoms with Crippen molar-refractivity contribution in [2.45, 2.75) is 13.0 Å². The Bertz CT molecular complexity index is 1190. The van der Waals surface area contributed by atoms with E-state index in [1.807, 2.05) is 73.7 Å². The van der Waals surface area contributed by atoms with Crippen molar-refractivity contribution < 1.29 is 9.59 Å². The van der Waals surface area contributed by atoms with Crippen LogP contribution in [0, 0.1) is 0 Å². The molecule has 0 aliphatic rings. The smallest absolute Gasteiger partial charge is 0.270 e. The molecule has 1 aromatic heterocycles. The number of aromatic nitrogens is 3. The van der Waals surface area contributed by atoms with Crippen LogP contribution in [0.4, 0.5) is 0 Å². The zero-order chi connectivity index (χ0) is 20.4. The number of rotatable bonds is 5. The number of fused-ring (bicyclic) bond motifs is 1. The molecule has 3 N–H and O–H groups in total. The Hall–Kier alpha value is -4.00. The summed E-state index contributed by atoms with van der Waals surface area (Å²) in [5.74, 6) is -0.751. The maximum Gasteiger partial charge on any atom is 0.270 e. The van der Waals surface area contributed by atoms with E-state index in [-0.39, 0.29) is 17.6 Å². The first kappa shape index (κ1) is 18.4.